The van der Waals surface area contributed by atoms with Gasteiger partial charge >= 0.3 is 0 Å². The number of carbonyl (C=O) groups is 2. The number of halogens is 2. The lowest BCUT2D eigenvalue weighted by Gasteiger charge is -2.24. The number of aliphatic imine (C=N–C) groups is 1. The smallest absolute Gasteiger partial charge is 0.244 e. The first-order valence-electron chi connectivity index (χ1n) is 10.6. The van der Waals surface area contributed by atoms with Crippen LogP contribution in [-0.2, 0) is 16.0 Å². The molecule has 8 heteroatoms. The number of nitrogens with one attached hydrogen (secondary N) is 2. The Labute approximate surface area is 176 Å². The molecule has 0 aromatic heterocycles. The molecule has 4 N–H and O–H groups in total. The summed E-state index contributed by atoms with van der Waals surface area (Å²) in [7, 11) is 0. The second-order valence-corrected chi connectivity index (χ2v) is 8.38. The largest absolute Gasteiger partial charge is 0.370 e. The minimum atomic E-state index is -1.02. The van der Waals surface area contributed by atoms with Crippen molar-refractivity contribution in [2.24, 2.45) is 22.6 Å². The van der Waals surface area contributed by atoms with Crippen LogP contribution in [0.5, 0.6) is 0 Å². The fourth-order valence-electron chi connectivity index (χ4n) is 3.60. The fourth-order valence-corrected chi connectivity index (χ4v) is 3.60. The lowest BCUT2D eigenvalue weighted by atomic mass is 9.84. The van der Waals surface area contributed by atoms with Crippen LogP contribution in [0.15, 0.2) is 23.2 Å². The van der Waals surface area contributed by atoms with E-state index in [0.29, 0.717) is 30.4 Å². The van der Waals surface area contributed by atoms with Gasteiger partial charge in [0.15, 0.2) is 17.6 Å². The number of hydrogen-bond donors (Lipinski definition) is 3. The number of nitrogens with zero attached hydrogens (tertiary/aromatic N) is 1. The zero-order valence-electron chi connectivity index (χ0n) is 17.7. The molecular weight excluding hydrogens is 390 g/mol. The van der Waals surface area contributed by atoms with E-state index >= 15 is 0 Å². The van der Waals surface area contributed by atoms with Gasteiger partial charge in [0.05, 0.1) is 6.42 Å². The molecule has 0 radical (unpaired) electrons. The van der Waals surface area contributed by atoms with Crippen LogP contribution in [0.2, 0.25) is 0 Å². The van der Waals surface area contributed by atoms with Crippen molar-refractivity contribution in [3.63, 3.8) is 0 Å². The molecule has 166 valence electrons. The van der Waals surface area contributed by atoms with Gasteiger partial charge in [-0.15, -0.1) is 0 Å². The average molecular weight is 423 g/mol. The summed E-state index contributed by atoms with van der Waals surface area (Å²) < 4.78 is 26.3. The van der Waals surface area contributed by atoms with Gasteiger partial charge in [-0.2, -0.15) is 0 Å². The topological polar surface area (TPSA) is 96.6 Å². The van der Waals surface area contributed by atoms with Gasteiger partial charge in [0, 0.05) is 6.54 Å². The summed E-state index contributed by atoms with van der Waals surface area (Å²) >= 11 is 0. The van der Waals surface area contributed by atoms with Gasteiger partial charge in [-0.05, 0) is 36.0 Å². The molecular formula is C22H32F2N4O2. The quantitative estimate of drug-likeness (QED) is 0.444. The maximum Gasteiger partial charge on any atom is 0.244 e. The van der Waals surface area contributed by atoms with Crippen molar-refractivity contribution in [2.75, 3.05) is 6.54 Å². The molecule has 1 atom stereocenters. The highest BCUT2D eigenvalue weighted by Crippen LogP contribution is 2.28. The van der Waals surface area contributed by atoms with Crippen LogP contribution in [0.4, 0.5) is 8.78 Å². The minimum Gasteiger partial charge on any atom is -0.370 e. The molecule has 30 heavy (non-hydrogen) atoms. The molecule has 2 rings (SSSR count). The van der Waals surface area contributed by atoms with E-state index in [1.165, 1.54) is 12.5 Å². The highest BCUT2D eigenvalue weighted by atomic mass is 19.2. The number of guanidine groups is 1. The molecule has 1 fully saturated rings. The third kappa shape index (κ3) is 8.08. The molecule has 1 aliphatic carbocycles. The molecule has 0 spiro atoms. The van der Waals surface area contributed by atoms with Crippen LogP contribution >= 0.6 is 0 Å². The van der Waals surface area contributed by atoms with Crippen molar-refractivity contribution in [1.29, 1.82) is 0 Å². The second-order valence-electron chi connectivity index (χ2n) is 8.38. The van der Waals surface area contributed by atoms with E-state index in [1.807, 2.05) is 13.8 Å². The predicted molar refractivity (Wildman–Crippen MR) is 113 cm³/mol. The zero-order valence-corrected chi connectivity index (χ0v) is 17.7. The first kappa shape index (κ1) is 23.8. The number of amides is 2. The second kappa shape index (κ2) is 11.6. The van der Waals surface area contributed by atoms with Crippen molar-refractivity contribution < 1.29 is 18.4 Å². The number of benzene rings is 1. The zero-order chi connectivity index (χ0) is 22.1. The van der Waals surface area contributed by atoms with Crippen molar-refractivity contribution in [2.45, 2.75) is 64.8 Å². The van der Waals surface area contributed by atoms with E-state index in [1.54, 1.807) is 0 Å². The summed E-state index contributed by atoms with van der Waals surface area (Å²) in [6.07, 6.45) is 6.04. The van der Waals surface area contributed by atoms with Gasteiger partial charge in [-0.3, -0.25) is 14.9 Å². The lowest BCUT2D eigenvalue weighted by Crippen LogP contribution is -2.42. The third-order valence-electron chi connectivity index (χ3n) is 5.18. The molecule has 0 saturated heterocycles. The molecule has 6 nitrogen and oxygen atoms in total. The Morgan fingerprint density at radius 2 is 1.87 bits per heavy atom. The Morgan fingerprint density at radius 3 is 2.50 bits per heavy atom. The van der Waals surface area contributed by atoms with Gasteiger partial charge in [-0.1, -0.05) is 52.0 Å². The van der Waals surface area contributed by atoms with E-state index < -0.39 is 23.6 Å². The summed E-state index contributed by atoms with van der Waals surface area (Å²) in [6.45, 7) is 4.55. The van der Waals surface area contributed by atoms with Crippen LogP contribution in [0, 0.1) is 23.5 Å². The van der Waals surface area contributed by atoms with Gasteiger partial charge in [0.1, 0.15) is 6.04 Å². The molecule has 1 aromatic rings. The van der Waals surface area contributed by atoms with Crippen molar-refractivity contribution in [3.05, 3.63) is 35.4 Å². The molecule has 0 aliphatic heterocycles. The summed E-state index contributed by atoms with van der Waals surface area (Å²) in [6, 6.07) is 2.59. The van der Waals surface area contributed by atoms with Gasteiger partial charge in [-0.25, -0.2) is 13.8 Å². The average Bonchev–Trinajstić information content (AvgIpc) is 2.69. The fraction of sp³-hybridized carbons (Fsp3) is 0.591. The SMILES string of the molecule is CC(C)CNC(=O)C(CC1CCCCC1)N=C(N)NC(=O)Cc1ccc(F)c(F)c1. The highest BCUT2D eigenvalue weighted by Gasteiger charge is 2.24. The normalized spacial score (nSPS) is 16.4. The van der Waals surface area contributed by atoms with Crippen LogP contribution < -0.4 is 16.4 Å². The molecule has 1 unspecified atom stereocenters. The number of nitrogens with two attached hydrogens (primary N) is 1. The van der Waals surface area contributed by atoms with E-state index in [2.05, 4.69) is 15.6 Å². The maximum atomic E-state index is 13.3. The van der Waals surface area contributed by atoms with E-state index in [-0.39, 0.29) is 18.3 Å². The Kier molecular flexibility index (Phi) is 9.20. The molecule has 2 amide bonds. The van der Waals surface area contributed by atoms with E-state index in [0.717, 1.165) is 37.8 Å². The van der Waals surface area contributed by atoms with Crippen LogP contribution in [0.25, 0.3) is 0 Å². The van der Waals surface area contributed by atoms with Gasteiger partial charge in [0.2, 0.25) is 11.8 Å². The highest BCUT2D eigenvalue weighted by molar-refractivity contribution is 5.98. The van der Waals surface area contributed by atoms with Crippen LogP contribution in [0.1, 0.15) is 57.9 Å². The third-order valence-corrected chi connectivity index (χ3v) is 5.18. The van der Waals surface area contributed by atoms with Crippen molar-refractivity contribution in [3.8, 4) is 0 Å². The predicted octanol–water partition coefficient (Wildman–Crippen LogP) is 3.05. The number of rotatable bonds is 8. The molecule has 1 saturated carbocycles. The Balaban J connectivity index is 2.01. The molecule has 1 aromatic carbocycles. The summed E-state index contributed by atoms with van der Waals surface area (Å²) in [5.41, 5.74) is 6.20. The Hall–Kier alpha value is -2.51. The van der Waals surface area contributed by atoms with Gasteiger partial charge in [0.25, 0.3) is 0 Å². The lowest BCUT2D eigenvalue weighted by molar-refractivity contribution is -0.123. The standard InChI is InChI=1S/C22H32F2N4O2/c1-14(2)13-26-21(30)19(11-15-6-4-3-5-7-15)27-22(25)28-20(29)12-16-8-9-17(23)18(24)10-16/h8-10,14-15,19H,3-7,11-13H2,1-2H3,(H,26,30)(H3,25,27,28,29). The molecule has 1 aliphatic rings. The Bertz CT molecular complexity index is 762. The Morgan fingerprint density at radius 1 is 1.17 bits per heavy atom. The van der Waals surface area contributed by atoms with E-state index in [9.17, 15) is 18.4 Å². The first-order chi connectivity index (χ1) is 14.2. The molecule has 0 heterocycles. The monoisotopic (exact) mass is 422 g/mol. The summed E-state index contributed by atoms with van der Waals surface area (Å²) in [5, 5.41) is 5.33. The number of hydrogen-bond acceptors (Lipinski definition) is 3. The maximum absolute atomic E-state index is 13.3. The van der Waals surface area contributed by atoms with Crippen molar-refractivity contribution in [1.82, 2.24) is 10.6 Å². The molecule has 0 bridgehead atoms. The summed E-state index contributed by atoms with van der Waals surface area (Å²) in [5.74, 6) is -2.14. The van der Waals surface area contributed by atoms with E-state index in [4.69, 9.17) is 5.73 Å². The first-order valence-corrected chi connectivity index (χ1v) is 10.6. The van der Waals surface area contributed by atoms with Crippen LogP contribution in [0.3, 0.4) is 0 Å². The summed E-state index contributed by atoms with van der Waals surface area (Å²) in [4.78, 5) is 29.1. The van der Waals surface area contributed by atoms with Crippen molar-refractivity contribution >= 4 is 17.8 Å². The number of carbonyl (C=O) groups excluding carboxylic acids is 2. The van der Waals surface area contributed by atoms with Crippen LogP contribution in [-0.4, -0.2) is 30.4 Å². The van der Waals surface area contributed by atoms with Gasteiger partial charge < -0.3 is 11.1 Å². The minimum absolute atomic E-state index is 0.150.